The summed E-state index contributed by atoms with van der Waals surface area (Å²) >= 11 is 0. The number of nitrogens with two attached hydrogens (primary N) is 1. The molecule has 0 aliphatic heterocycles. The van der Waals surface area contributed by atoms with Crippen molar-refractivity contribution in [2.45, 2.75) is 52.1 Å². The summed E-state index contributed by atoms with van der Waals surface area (Å²) in [6, 6.07) is 3.68. The Bertz CT molecular complexity index is 478. The molecular weight excluding hydrogens is 264 g/mol. The van der Waals surface area contributed by atoms with Crippen LogP contribution in [0.1, 0.15) is 46.0 Å². The van der Waals surface area contributed by atoms with Crippen molar-refractivity contribution in [1.82, 2.24) is 4.98 Å². The zero-order valence-electron chi connectivity index (χ0n) is 13.0. The third kappa shape index (κ3) is 4.02. The lowest BCUT2D eigenvalue weighted by atomic mass is 9.82. The predicted octanol–water partition coefficient (Wildman–Crippen LogP) is 3.66. The number of hydrogen-bond acceptors (Lipinski definition) is 4. The van der Waals surface area contributed by atoms with Gasteiger partial charge in [0, 0.05) is 6.07 Å². The second kappa shape index (κ2) is 6.12. The molecule has 4 heteroatoms. The number of rotatable bonds is 5. The lowest BCUT2D eigenvalue weighted by Gasteiger charge is -2.31. The fraction of sp³-hybridized carbons (Fsp3) is 0.706. The SMILES string of the molecule is CC1CC(C)CC(Oc2ccc(N)c(OCC3CC3)n2)C1. The first kappa shape index (κ1) is 14.5. The molecule has 0 saturated heterocycles. The van der Waals surface area contributed by atoms with Gasteiger partial charge in [-0.15, -0.1) is 0 Å². The molecule has 2 unspecified atom stereocenters. The molecule has 0 spiro atoms. The van der Waals surface area contributed by atoms with Crippen molar-refractivity contribution in [3.05, 3.63) is 12.1 Å². The van der Waals surface area contributed by atoms with Crippen LogP contribution in [0.2, 0.25) is 0 Å². The van der Waals surface area contributed by atoms with E-state index in [0.717, 1.165) is 31.3 Å². The van der Waals surface area contributed by atoms with E-state index in [9.17, 15) is 0 Å². The summed E-state index contributed by atoms with van der Waals surface area (Å²) < 4.78 is 11.8. The van der Waals surface area contributed by atoms with Gasteiger partial charge < -0.3 is 15.2 Å². The molecular formula is C17H26N2O2. The zero-order valence-corrected chi connectivity index (χ0v) is 13.0. The number of aromatic nitrogens is 1. The minimum atomic E-state index is 0.260. The van der Waals surface area contributed by atoms with Crippen molar-refractivity contribution in [2.24, 2.45) is 17.8 Å². The molecule has 1 aromatic rings. The summed E-state index contributed by atoms with van der Waals surface area (Å²) in [7, 11) is 0. The van der Waals surface area contributed by atoms with Crippen molar-refractivity contribution in [3.8, 4) is 11.8 Å². The Labute approximate surface area is 127 Å². The number of nitrogen functional groups attached to an aromatic ring is 1. The molecule has 2 aliphatic carbocycles. The normalized spacial score (nSPS) is 29.1. The van der Waals surface area contributed by atoms with E-state index in [2.05, 4.69) is 18.8 Å². The largest absolute Gasteiger partial charge is 0.476 e. The Morgan fingerprint density at radius 3 is 2.52 bits per heavy atom. The Morgan fingerprint density at radius 1 is 1.14 bits per heavy atom. The van der Waals surface area contributed by atoms with Crippen LogP contribution >= 0.6 is 0 Å². The smallest absolute Gasteiger partial charge is 0.240 e. The van der Waals surface area contributed by atoms with E-state index in [-0.39, 0.29) is 6.10 Å². The first-order valence-corrected chi connectivity index (χ1v) is 8.16. The summed E-state index contributed by atoms with van der Waals surface area (Å²) in [4.78, 5) is 4.45. The number of nitrogens with zero attached hydrogens (tertiary/aromatic N) is 1. The van der Waals surface area contributed by atoms with Crippen LogP contribution in [0.5, 0.6) is 11.8 Å². The minimum Gasteiger partial charge on any atom is -0.476 e. The highest BCUT2D eigenvalue weighted by atomic mass is 16.5. The maximum absolute atomic E-state index is 6.07. The second-order valence-corrected chi connectivity index (χ2v) is 6.96. The molecule has 2 atom stereocenters. The minimum absolute atomic E-state index is 0.260. The summed E-state index contributed by atoms with van der Waals surface area (Å²) in [5, 5.41) is 0. The van der Waals surface area contributed by atoms with E-state index in [1.54, 1.807) is 0 Å². The molecule has 0 aromatic carbocycles. The van der Waals surface area contributed by atoms with Crippen LogP contribution in [0.25, 0.3) is 0 Å². The maximum atomic E-state index is 6.07. The van der Waals surface area contributed by atoms with E-state index in [1.807, 2.05) is 12.1 Å². The van der Waals surface area contributed by atoms with Gasteiger partial charge in [-0.25, -0.2) is 0 Å². The van der Waals surface area contributed by atoms with Crippen LogP contribution in [-0.2, 0) is 0 Å². The fourth-order valence-corrected chi connectivity index (χ4v) is 3.24. The Hall–Kier alpha value is -1.45. The summed E-state index contributed by atoms with van der Waals surface area (Å²) in [6.07, 6.45) is 6.28. The lowest BCUT2D eigenvalue weighted by molar-refractivity contribution is 0.0958. The lowest BCUT2D eigenvalue weighted by Crippen LogP contribution is -2.28. The van der Waals surface area contributed by atoms with Crippen LogP contribution in [0, 0.1) is 17.8 Å². The first-order valence-electron chi connectivity index (χ1n) is 8.16. The number of anilines is 1. The molecule has 1 heterocycles. The monoisotopic (exact) mass is 290 g/mol. The average molecular weight is 290 g/mol. The van der Waals surface area contributed by atoms with Gasteiger partial charge >= 0.3 is 0 Å². The zero-order chi connectivity index (χ0) is 14.8. The highest BCUT2D eigenvalue weighted by molar-refractivity contribution is 5.49. The van der Waals surface area contributed by atoms with Gasteiger partial charge in [-0.2, -0.15) is 4.98 Å². The molecule has 2 saturated carbocycles. The first-order chi connectivity index (χ1) is 10.1. The van der Waals surface area contributed by atoms with Crippen LogP contribution in [0.3, 0.4) is 0 Å². The van der Waals surface area contributed by atoms with Gasteiger partial charge in [0.05, 0.1) is 12.3 Å². The number of ether oxygens (including phenoxy) is 2. The van der Waals surface area contributed by atoms with Gasteiger partial charge in [0.2, 0.25) is 11.8 Å². The quantitative estimate of drug-likeness (QED) is 0.899. The third-order valence-corrected chi connectivity index (χ3v) is 4.44. The summed E-state index contributed by atoms with van der Waals surface area (Å²) in [5.74, 6) is 3.30. The Balaban J connectivity index is 1.62. The van der Waals surface area contributed by atoms with Crippen molar-refractivity contribution in [3.63, 3.8) is 0 Å². The van der Waals surface area contributed by atoms with Gasteiger partial charge in [-0.05, 0) is 55.9 Å². The van der Waals surface area contributed by atoms with E-state index in [4.69, 9.17) is 15.2 Å². The van der Waals surface area contributed by atoms with E-state index < -0.39 is 0 Å². The molecule has 21 heavy (non-hydrogen) atoms. The molecule has 116 valence electrons. The van der Waals surface area contributed by atoms with Gasteiger partial charge in [0.1, 0.15) is 6.10 Å². The Kier molecular flexibility index (Phi) is 4.22. The van der Waals surface area contributed by atoms with Gasteiger partial charge in [0.15, 0.2) is 0 Å². The standard InChI is InChI=1S/C17H26N2O2/c1-11-7-12(2)9-14(8-11)21-16-6-5-15(18)17(19-16)20-10-13-3-4-13/h5-6,11-14H,3-4,7-10,18H2,1-2H3. The molecule has 2 aliphatic rings. The van der Waals surface area contributed by atoms with E-state index >= 15 is 0 Å². The summed E-state index contributed by atoms with van der Waals surface area (Å²) in [5.41, 5.74) is 6.52. The van der Waals surface area contributed by atoms with Crippen LogP contribution < -0.4 is 15.2 Å². The number of hydrogen-bond donors (Lipinski definition) is 1. The van der Waals surface area contributed by atoms with Crippen LogP contribution in [-0.4, -0.2) is 17.7 Å². The molecule has 0 amide bonds. The number of pyridine rings is 1. The molecule has 1 aromatic heterocycles. The van der Waals surface area contributed by atoms with Gasteiger partial charge in [0.25, 0.3) is 0 Å². The second-order valence-electron chi connectivity index (χ2n) is 6.96. The van der Waals surface area contributed by atoms with Crippen molar-refractivity contribution in [1.29, 1.82) is 0 Å². The molecule has 3 rings (SSSR count). The van der Waals surface area contributed by atoms with Gasteiger partial charge in [-0.1, -0.05) is 13.8 Å². The molecule has 2 N–H and O–H groups in total. The van der Waals surface area contributed by atoms with Crippen molar-refractivity contribution >= 4 is 5.69 Å². The van der Waals surface area contributed by atoms with E-state index in [0.29, 0.717) is 23.4 Å². The molecule has 4 nitrogen and oxygen atoms in total. The maximum Gasteiger partial charge on any atom is 0.240 e. The summed E-state index contributed by atoms with van der Waals surface area (Å²) in [6.45, 7) is 5.32. The molecule has 2 fully saturated rings. The van der Waals surface area contributed by atoms with Crippen molar-refractivity contribution in [2.75, 3.05) is 12.3 Å². The third-order valence-electron chi connectivity index (χ3n) is 4.44. The average Bonchev–Trinajstić information content (AvgIpc) is 3.22. The van der Waals surface area contributed by atoms with Crippen LogP contribution in [0.15, 0.2) is 12.1 Å². The van der Waals surface area contributed by atoms with E-state index in [1.165, 1.54) is 19.3 Å². The van der Waals surface area contributed by atoms with Crippen LogP contribution in [0.4, 0.5) is 5.69 Å². The predicted molar refractivity (Wildman–Crippen MR) is 83.5 cm³/mol. The topological polar surface area (TPSA) is 57.4 Å². The highest BCUT2D eigenvalue weighted by Crippen LogP contribution is 2.33. The molecule has 0 bridgehead atoms. The van der Waals surface area contributed by atoms with Gasteiger partial charge in [-0.3, -0.25) is 0 Å². The highest BCUT2D eigenvalue weighted by Gasteiger charge is 2.26. The Morgan fingerprint density at radius 2 is 1.86 bits per heavy atom. The van der Waals surface area contributed by atoms with Crippen molar-refractivity contribution < 1.29 is 9.47 Å². The molecule has 0 radical (unpaired) electrons. The fourth-order valence-electron chi connectivity index (χ4n) is 3.24.